The maximum Gasteiger partial charge on any atom is 0.221 e. The van der Waals surface area contributed by atoms with E-state index in [0.29, 0.717) is 0 Å². The second kappa shape index (κ2) is 5.05. The van der Waals surface area contributed by atoms with E-state index in [-0.39, 0.29) is 5.91 Å². The first kappa shape index (κ1) is 12.4. The van der Waals surface area contributed by atoms with Crippen LogP contribution in [-0.4, -0.2) is 5.91 Å². The van der Waals surface area contributed by atoms with E-state index in [1.807, 2.05) is 18.2 Å². The molecule has 0 aliphatic rings. The minimum atomic E-state index is -0.0480. The summed E-state index contributed by atoms with van der Waals surface area (Å²) in [5, 5.41) is 2.81. The van der Waals surface area contributed by atoms with Crippen LogP contribution in [0.15, 0.2) is 42.5 Å². The standard InChI is InChI=1S/C16H17NO/c1-11-7-8-12(2)16(9-11)14-5-4-6-15(10-14)17-13(3)18/h4-10H,1-3H3,(H,17,18). The lowest BCUT2D eigenvalue weighted by atomic mass is 9.98. The predicted octanol–water partition coefficient (Wildman–Crippen LogP) is 3.93. The Bertz CT molecular complexity index is 587. The summed E-state index contributed by atoms with van der Waals surface area (Å²) >= 11 is 0. The normalized spacial score (nSPS) is 10.2. The Hall–Kier alpha value is -2.09. The molecular formula is C16H17NO. The fraction of sp³-hybridized carbons (Fsp3) is 0.188. The molecule has 2 heteroatoms. The van der Waals surface area contributed by atoms with Crippen molar-refractivity contribution in [1.82, 2.24) is 0 Å². The fourth-order valence-electron chi connectivity index (χ4n) is 2.01. The van der Waals surface area contributed by atoms with Crippen molar-refractivity contribution >= 4 is 11.6 Å². The highest BCUT2D eigenvalue weighted by atomic mass is 16.1. The average Bonchev–Trinajstić information content (AvgIpc) is 2.32. The third-order valence-corrected chi connectivity index (χ3v) is 2.89. The van der Waals surface area contributed by atoms with Gasteiger partial charge in [-0.05, 0) is 42.7 Å². The second-order valence-electron chi connectivity index (χ2n) is 4.58. The molecule has 18 heavy (non-hydrogen) atoms. The van der Waals surface area contributed by atoms with Gasteiger partial charge in [-0.2, -0.15) is 0 Å². The smallest absolute Gasteiger partial charge is 0.221 e. The van der Waals surface area contributed by atoms with Crippen LogP contribution in [0.3, 0.4) is 0 Å². The Balaban J connectivity index is 2.44. The van der Waals surface area contributed by atoms with Gasteiger partial charge in [0, 0.05) is 12.6 Å². The number of nitrogens with one attached hydrogen (secondary N) is 1. The molecule has 92 valence electrons. The van der Waals surface area contributed by atoms with Crippen LogP contribution in [0.2, 0.25) is 0 Å². The number of hydrogen-bond acceptors (Lipinski definition) is 1. The molecule has 0 spiro atoms. The molecule has 0 atom stereocenters. The topological polar surface area (TPSA) is 29.1 Å². The summed E-state index contributed by atoms with van der Waals surface area (Å²) in [5.74, 6) is -0.0480. The van der Waals surface area contributed by atoms with Gasteiger partial charge in [-0.3, -0.25) is 4.79 Å². The van der Waals surface area contributed by atoms with Crippen molar-refractivity contribution in [3.63, 3.8) is 0 Å². The first-order chi connectivity index (χ1) is 8.56. The first-order valence-electron chi connectivity index (χ1n) is 6.01. The fourth-order valence-corrected chi connectivity index (χ4v) is 2.01. The highest BCUT2D eigenvalue weighted by Gasteiger charge is 2.04. The highest BCUT2D eigenvalue weighted by Crippen LogP contribution is 2.26. The number of anilines is 1. The molecule has 0 aliphatic heterocycles. The quantitative estimate of drug-likeness (QED) is 0.845. The van der Waals surface area contributed by atoms with Crippen LogP contribution in [0, 0.1) is 13.8 Å². The van der Waals surface area contributed by atoms with E-state index in [0.717, 1.165) is 11.3 Å². The van der Waals surface area contributed by atoms with Crippen molar-refractivity contribution in [2.75, 3.05) is 5.32 Å². The van der Waals surface area contributed by atoms with E-state index in [1.165, 1.54) is 23.6 Å². The molecule has 0 radical (unpaired) electrons. The largest absolute Gasteiger partial charge is 0.326 e. The van der Waals surface area contributed by atoms with Gasteiger partial charge in [-0.15, -0.1) is 0 Å². The lowest BCUT2D eigenvalue weighted by Crippen LogP contribution is -2.05. The van der Waals surface area contributed by atoms with Crippen LogP contribution in [0.1, 0.15) is 18.1 Å². The van der Waals surface area contributed by atoms with Crippen LogP contribution in [0.25, 0.3) is 11.1 Å². The molecule has 0 bridgehead atoms. The van der Waals surface area contributed by atoms with Gasteiger partial charge < -0.3 is 5.32 Å². The molecular weight excluding hydrogens is 222 g/mol. The lowest BCUT2D eigenvalue weighted by molar-refractivity contribution is -0.114. The Kier molecular flexibility index (Phi) is 3.47. The van der Waals surface area contributed by atoms with E-state index < -0.39 is 0 Å². The average molecular weight is 239 g/mol. The summed E-state index contributed by atoms with van der Waals surface area (Å²) in [4.78, 5) is 11.1. The third-order valence-electron chi connectivity index (χ3n) is 2.89. The van der Waals surface area contributed by atoms with Crippen LogP contribution in [0.5, 0.6) is 0 Å². The Labute approximate surface area is 108 Å². The van der Waals surface area contributed by atoms with Crippen molar-refractivity contribution in [2.45, 2.75) is 20.8 Å². The van der Waals surface area contributed by atoms with E-state index in [1.54, 1.807) is 0 Å². The molecule has 1 N–H and O–H groups in total. The van der Waals surface area contributed by atoms with Gasteiger partial charge in [0.25, 0.3) is 0 Å². The molecule has 0 heterocycles. The van der Waals surface area contributed by atoms with Crippen molar-refractivity contribution in [1.29, 1.82) is 0 Å². The van der Waals surface area contributed by atoms with Crippen LogP contribution in [-0.2, 0) is 4.79 Å². The van der Waals surface area contributed by atoms with Gasteiger partial charge in [-0.1, -0.05) is 35.9 Å². The summed E-state index contributed by atoms with van der Waals surface area (Å²) in [6.07, 6.45) is 0. The number of rotatable bonds is 2. The van der Waals surface area contributed by atoms with E-state index in [4.69, 9.17) is 0 Å². The zero-order valence-electron chi connectivity index (χ0n) is 10.9. The van der Waals surface area contributed by atoms with E-state index in [2.05, 4.69) is 43.4 Å². The van der Waals surface area contributed by atoms with Crippen molar-refractivity contribution in [3.05, 3.63) is 53.6 Å². The third kappa shape index (κ3) is 2.77. The number of benzene rings is 2. The first-order valence-corrected chi connectivity index (χ1v) is 6.01. The minimum absolute atomic E-state index is 0.0480. The molecule has 0 fully saturated rings. The van der Waals surface area contributed by atoms with Gasteiger partial charge in [-0.25, -0.2) is 0 Å². The lowest BCUT2D eigenvalue weighted by Gasteiger charge is -2.09. The van der Waals surface area contributed by atoms with Crippen LogP contribution >= 0.6 is 0 Å². The molecule has 2 aromatic carbocycles. The van der Waals surface area contributed by atoms with E-state index >= 15 is 0 Å². The number of carbonyl (C=O) groups is 1. The van der Waals surface area contributed by atoms with Gasteiger partial charge in [0.1, 0.15) is 0 Å². The SMILES string of the molecule is CC(=O)Nc1cccc(-c2cc(C)ccc2C)c1. The maximum absolute atomic E-state index is 11.1. The maximum atomic E-state index is 11.1. The minimum Gasteiger partial charge on any atom is -0.326 e. The Morgan fingerprint density at radius 1 is 1.06 bits per heavy atom. The summed E-state index contributed by atoms with van der Waals surface area (Å²) in [6, 6.07) is 14.3. The molecule has 0 saturated carbocycles. The second-order valence-corrected chi connectivity index (χ2v) is 4.58. The zero-order chi connectivity index (χ0) is 13.1. The molecule has 0 aliphatic carbocycles. The monoisotopic (exact) mass is 239 g/mol. The van der Waals surface area contributed by atoms with Crippen molar-refractivity contribution in [2.24, 2.45) is 0 Å². The molecule has 0 saturated heterocycles. The van der Waals surface area contributed by atoms with Crippen molar-refractivity contribution < 1.29 is 4.79 Å². The Morgan fingerprint density at radius 3 is 2.56 bits per heavy atom. The van der Waals surface area contributed by atoms with Gasteiger partial charge >= 0.3 is 0 Å². The zero-order valence-corrected chi connectivity index (χ0v) is 10.9. The van der Waals surface area contributed by atoms with Crippen LogP contribution in [0.4, 0.5) is 5.69 Å². The number of hydrogen-bond donors (Lipinski definition) is 1. The Morgan fingerprint density at radius 2 is 1.83 bits per heavy atom. The molecule has 2 aromatic rings. The molecule has 2 nitrogen and oxygen atoms in total. The molecule has 1 amide bonds. The molecule has 0 aromatic heterocycles. The van der Waals surface area contributed by atoms with E-state index in [9.17, 15) is 4.79 Å². The van der Waals surface area contributed by atoms with Gasteiger partial charge in [0.05, 0.1) is 0 Å². The molecule has 2 rings (SSSR count). The van der Waals surface area contributed by atoms with Gasteiger partial charge in [0.15, 0.2) is 0 Å². The van der Waals surface area contributed by atoms with Crippen LogP contribution < -0.4 is 5.32 Å². The summed E-state index contributed by atoms with van der Waals surface area (Å²) in [6.45, 7) is 5.70. The number of carbonyl (C=O) groups excluding carboxylic acids is 1. The molecule has 0 unspecified atom stereocenters. The summed E-state index contributed by atoms with van der Waals surface area (Å²) in [7, 11) is 0. The van der Waals surface area contributed by atoms with Gasteiger partial charge in [0.2, 0.25) is 5.91 Å². The van der Waals surface area contributed by atoms with Crippen molar-refractivity contribution in [3.8, 4) is 11.1 Å². The number of aryl methyl sites for hydroxylation is 2. The summed E-state index contributed by atoms with van der Waals surface area (Å²) < 4.78 is 0. The summed E-state index contributed by atoms with van der Waals surface area (Å²) in [5.41, 5.74) is 5.65. The predicted molar refractivity (Wildman–Crippen MR) is 75.7 cm³/mol. The number of amides is 1. The highest BCUT2D eigenvalue weighted by molar-refractivity contribution is 5.89.